The first-order chi connectivity index (χ1) is 53.6. The Bertz CT molecular complexity index is 3620. The molecule has 2 aromatic carbocycles. The number of carboxylic acids is 1. The average Bonchev–Trinajstić information content (AvgIpc) is 0.809. The molecule has 2 aromatic rings. The number of unbranched alkanes of at least 4 members (excludes halogenated alkanes) is 1. The molecule has 0 spiro atoms. The Morgan fingerprint density at radius 1 is 0.643 bits per heavy atom. The number of cyclic esters (lactones) is 1. The molecule has 1 heterocycles. The van der Waals surface area contributed by atoms with Gasteiger partial charge in [-0.25, -0.2) is 19.2 Å². The predicted molar refractivity (Wildman–Crippen MR) is 406 cm³/mol. The molecule has 42 heteroatoms. The van der Waals surface area contributed by atoms with E-state index >= 15 is 14.4 Å². The second kappa shape index (κ2) is 48.9. The van der Waals surface area contributed by atoms with Gasteiger partial charge >= 0.3 is 30.3 Å². The van der Waals surface area contributed by atoms with Crippen molar-refractivity contribution in [1.29, 1.82) is 0 Å². The summed E-state index contributed by atoms with van der Waals surface area (Å²) in [6.07, 6.45) is -15.3. The molecular formula is C73H115F3N16O23. The van der Waals surface area contributed by atoms with Crippen LogP contribution in [0.5, 0.6) is 0 Å². The Kier molecular flexibility index (Phi) is 42.6. The van der Waals surface area contributed by atoms with Crippen molar-refractivity contribution in [2.75, 3.05) is 26.2 Å². The first kappa shape index (κ1) is 100. The van der Waals surface area contributed by atoms with Gasteiger partial charge in [0.2, 0.25) is 65.0 Å². The van der Waals surface area contributed by atoms with Crippen LogP contribution >= 0.6 is 0 Å². The van der Waals surface area contributed by atoms with Gasteiger partial charge in [0, 0.05) is 14.5 Å². The number of nitrogens with one attached hydrogen (secondary N) is 12. The number of amides is 13. The van der Waals surface area contributed by atoms with Crippen LogP contribution in [-0.4, -0.2) is 237 Å². The molecule has 0 bridgehead atoms. The van der Waals surface area contributed by atoms with Gasteiger partial charge in [-0.15, -0.1) is 0 Å². The monoisotopic (exact) mass is 1640 g/mol. The minimum atomic E-state index is -5.08. The first-order valence-electron chi connectivity index (χ1n) is 37.1. The topological polar surface area (TPSA) is 620 Å². The van der Waals surface area contributed by atoms with E-state index in [-0.39, 0.29) is 84.0 Å². The third kappa shape index (κ3) is 36.8. The number of carbonyl (C=O) groups is 15. The van der Waals surface area contributed by atoms with Gasteiger partial charge in [-0.1, -0.05) is 122 Å². The molecule has 1 aliphatic rings. The lowest BCUT2D eigenvalue weighted by atomic mass is 9.95. The van der Waals surface area contributed by atoms with E-state index < -0.39 is 223 Å². The normalized spacial score (nSPS) is 21.8. The van der Waals surface area contributed by atoms with E-state index in [9.17, 15) is 86.3 Å². The summed E-state index contributed by atoms with van der Waals surface area (Å²) in [4.78, 5) is 212. The highest BCUT2D eigenvalue weighted by Gasteiger charge is 2.45. The number of rotatable bonds is 29. The fraction of sp³-hybridized carbons (Fsp3) is 0.616. The van der Waals surface area contributed by atoms with Gasteiger partial charge in [0.05, 0.1) is 25.4 Å². The molecule has 646 valence electrons. The molecule has 15 atom stereocenters. The molecule has 0 aliphatic carbocycles. The van der Waals surface area contributed by atoms with Crippen LogP contribution < -0.4 is 81.0 Å². The molecule has 23 N–H and O–H groups in total. The van der Waals surface area contributed by atoms with Crippen LogP contribution in [0.3, 0.4) is 0 Å². The van der Waals surface area contributed by atoms with E-state index in [2.05, 4.69) is 58.2 Å². The van der Waals surface area contributed by atoms with E-state index in [0.29, 0.717) is 5.56 Å². The Morgan fingerprint density at radius 2 is 1.19 bits per heavy atom. The van der Waals surface area contributed by atoms with Gasteiger partial charge in [-0.2, -0.15) is 13.2 Å². The minimum Gasteiger partial charge on any atom is -0.475 e. The summed E-state index contributed by atoms with van der Waals surface area (Å²) in [7, 11) is 0. The number of carboxylic acid groups (broad SMARTS) is 1. The van der Waals surface area contributed by atoms with Crippen LogP contribution in [0.4, 0.5) is 22.8 Å². The number of alkyl halides is 3. The molecule has 13 amide bonds. The number of nitrogens with two attached hydrogens (primary N) is 3. The molecule has 1 saturated heterocycles. The van der Waals surface area contributed by atoms with Crippen molar-refractivity contribution in [2.24, 2.45) is 45.9 Å². The highest BCUT2D eigenvalue weighted by Crippen LogP contribution is 2.25. The zero-order valence-corrected chi connectivity index (χ0v) is 66.3. The fourth-order valence-corrected chi connectivity index (χ4v) is 10.8. The fourth-order valence-electron chi connectivity index (χ4n) is 10.8. The summed E-state index contributed by atoms with van der Waals surface area (Å²) in [5.41, 5.74) is 16.2. The molecule has 3 rings (SSSR count). The maximum Gasteiger partial charge on any atom is 0.490 e. The van der Waals surface area contributed by atoms with E-state index in [1.807, 2.05) is 10.6 Å². The lowest BCUT2D eigenvalue weighted by Crippen LogP contribution is -2.64. The van der Waals surface area contributed by atoms with Crippen LogP contribution in [0, 0.1) is 23.7 Å². The van der Waals surface area contributed by atoms with E-state index in [1.165, 1.54) is 44.2 Å². The summed E-state index contributed by atoms with van der Waals surface area (Å²) >= 11 is 0. The van der Waals surface area contributed by atoms with Crippen LogP contribution in [-0.2, 0) is 83.1 Å². The lowest BCUT2D eigenvalue weighted by Gasteiger charge is -2.34. The van der Waals surface area contributed by atoms with Gasteiger partial charge in [-0.3, -0.25) is 57.7 Å². The Balaban J connectivity index is 0.00000801. The second-order valence-electron chi connectivity index (χ2n) is 29.3. The number of esters is 1. The third-order valence-corrected chi connectivity index (χ3v) is 17.0. The number of nitrogens with zero attached hydrogens (tertiary/aromatic N) is 1. The second-order valence-corrected chi connectivity index (χ2v) is 29.3. The number of aliphatic hydroxyl groups is 4. The molecular weight excluding hydrogens is 1530 g/mol. The molecule has 1 aliphatic heterocycles. The molecule has 0 aromatic heterocycles. The number of alkyl carbamates (subject to hydrolysis) is 2. The third-order valence-electron chi connectivity index (χ3n) is 17.0. The van der Waals surface area contributed by atoms with Crippen LogP contribution in [0.25, 0.3) is 0 Å². The van der Waals surface area contributed by atoms with Crippen molar-refractivity contribution in [3.05, 3.63) is 71.8 Å². The number of halogens is 3. The van der Waals surface area contributed by atoms with Gasteiger partial charge in [0.15, 0.2) is 24.2 Å². The summed E-state index contributed by atoms with van der Waals surface area (Å²) in [5.74, 6) is -21.0. The zero-order valence-electron chi connectivity index (χ0n) is 66.3. The largest absolute Gasteiger partial charge is 0.490 e. The number of primary amides is 1. The Morgan fingerprint density at radius 3 is 1.72 bits per heavy atom. The summed E-state index contributed by atoms with van der Waals surface area (Å²) < 4.78 is 48.5. The number of hydrogen-bond acceptors (Lipinski definition) is 23. The summed E-state index contributed by atoms with van der Waals surface area (Å²) in [6.45, 7) is 16.2. The lowest BCUT2D eigenvalue weighted by molar-refractivity contribution is -0.192. The molecule has 1 fully saturated rings. The highest BCUT2D eigenvalue weighted by molar-refractivity contribution is 6.00. The van der Waals surface area contributed by atoms with Crippen molar-refractivity contribution in [1.82, 2.24) is 63.8 Å². The summed E-state index contributed by atoms with van der Waals surface area (Å²) in [5, 5.41) is 80.9. The number of carbonyl (C=O) groups excluding carboxylic acids is 14. The van der Waals surface area contributed by atoms with E-state index in [0.717, 1.165) is 6.92 Å². The van der Waals surface area contributed by atoms with E-state index in [1.54, 1.807) is 92.6 Å². The Labute approximate surface area is 664 Å². The summed E-state index contributed by atoms with van der Waals surface area (Å²) in [6, 6.07) is -3.43. The Hall–Kier alpha value is -11.0. The molecule has 2 unspecified atom stereocenters. The van der Waals surface area contributed by atoms with Gasteiger partial charge in [-0.05, 0) is 107 Å². The SMILES string of the molecule is CC[C@H](C)C1NC(=O)[C@@H](CCCN=C(N)N)NC(=O)[C@H](CC(C)C)NC(=O)[C@H]([C@H](O)C(C)C)NC(=O)[C@@H](NC(=O)[C@H](CC(C)C)NC(=O)[C@@H](CCCCNC(=O)OC(C)(C)C)NC(=O)OCc2ccccc2)[C@@H](c2ccccc2)OC(=O)[C@H](CO)NC(=O)[C@H]([C@H](O)C(N)=O)NC(=O)CNC(=O)C([C@H](C)O)NC1=O.O=C(O)C(F)(F)F.[HH]. The average molecular weight is 1640 g/mol. The standard InChI is InChI=1S/C71H112N16O21.C2HF3O2.H2/c1-13-39(8)49-63(99)85-50(40(9)89)62(98)77-33-48(90)83-52(55(92)57(72)93)65(101)81-47(34-88)67(103)107-56(42-25-18-15-19-26-42)53(66(102)86-51(54(91)38(6)7)64(100)80-45(31-36(2)3)60(96)78-43(59(95)84-49)28-22-30-75-68(73)74)87-61(97)46(32-37(4)5)79-58(94)44(27-20-21-29-76-69(104)108-71(10,11)12)82-70(105)106-35-41-23-16-14-17-24-41;3-2(4,5)1(6)7;/h14-19,23-26,36-40,43-47,49-56,88-89,91-92H,13,20-22,27-35H2,1-12H3,(H2,72,93)(H,76,104)(H,77,98)(H,78,96)(H,79,94)(H,80,100)(H,81,101)(H,82,105)(H,83,90)(H,84,95)(H,85,99)(H,86,102)(H,87,97)(H4,73,74,75);(H,6,7);1H/t39-,40-,43+,44+,45-,46-,47-,49?,50?,51-,52-,53-,54+,55-,56+;;/m0../s1. The smallest absolute Gasteiger partial charge is 0.475 e. The quantitative estimate of drug-likeness (QED) is 0.0139. The van der Waals surface area contributed by atoms with Gasteiger partial charge in [0.25, 0.3) is 0 Å². The zero-order chi connectivity index (χ0) is 87.4. The van der Waals surface area contributed by atoms with Crippen molar-refractivity contribution in [3.63, 3.8) is 0 Å². The van der Waals surface area contributed by atoms with Gasteiger partial charge in [0.1, 0.15) is 66.6 Å². The highest BCUT2D eigenvalue weighted by atomic mass is 19.4. The molecule has 39 nitrogen and oxygen atoms in total. The van der Waals surface area contributed by atoms with E-state index in [4.69, 9.17) is 41.3 Å². The number of hydrogen-bond donors (Lipinski definition) is 20. The number of ether oxygens (including phenoxy) is 3. The number of benzene rings is 2. The maximum atomic E-state index is 15.7. The van der Waals surface area contributed by atoms with Crippen molar-refractivity contribution < 1.29 is 126 Å². The van der Waals surface area contributed by atoms with Crippen molar-refractivity contribution in [2.45, 2.75) is 238 Å². The van der Waals surface area contributed by atoms with Gasteiger partial charge < -0.3 is 121 Å². The number of aliphatic imine (C=N–C) groups is 1. The number of aliphatic carboxylic acids is 1. The number of guanidine groups is 1. The minimum absolute atomic E-state index is 0. The van der Waals surface area contributed by atoms with Crippen molar-refractivity contribution in [3.8, 4) is 0 Å². The van der Waals surface area contributed by atoms with Crippen molar-refractivity contribution >= 4 is 95.1 Å². The molecule has 0 radical (unpaired) electrons. The molecule has 115 heavy (non-hydrogen) atoms. The first-order valence-corrected chi connectivity index (χ1v) is 37.1. The predicted octanol–water partition coefficient (Wildman–Crippen LogP) is -1.94. The molecule has 0 saturated carbocycles. The van der Waals surface area contributed by atoms with Crippen LogP contribution in [0.1, 0.15) is 153 Å². The van der Waals surface area contributed by atoms with Crippen LogP contribution in [0.15, 0.2) is 65.7 Å². The number of aliphatic hydroxyl groups excluding tert-OH is 4. The maximum absolute atomic E-state index is 15.7. The van der Waals surface area contributed by atoms with Crippen LogP contribution in [0.2, 0.25) is 0 Å².